The number of nitrogens with one attached hydrogen (secondary N) is 2. The third-order valence-corrected chi connectivity index (χ3v) is 4.26. The molecule has 2 aromatic carbocycles. The second-order valence-electron chi connectivity index (χ2n) is 6.03. The third kappa shape index (κ3) is 3.24. The fourth-order valence-electron chi connectivity index (χ4n) is 2.94. The van der Waals surface area contributed by atoms with Crippen LogP contribution in [0.25, 0.3) is 11.4 Å². The van der Waals surface area contributed by atoms with Gasteiger partial charge in [0.15, 0.2) is 5.82 Å². The van der Waals surface area contributed by atoms with Crippen molar-refractivity contribution in [3.63, 3.8) is 0 Å². The number of rotatable bonds is 5. The number of aromatic nitrogens is 3. The number of fused-ring (bicyclic) bond motifs is 1. The Morgan fingerprint density at radius 1 is 1.19 bits per heavy atom. The number of carbonyl (C=O) groups is 2. The Kier molecular flexibility index (Phi) is 4.29. The van der Waals surface area contributed by atoms with Crippen LogP contribution in [0.15, 0.2) is 54.6 Å². The molecule has 1 atom stereocenters. The number of hydrogen-bond acceptors (Lipinski definition) is 5. The minimum atomic E-state index is -0.750. The Labute approximate surface area is 155 Å². The normalized spacial score (nSPS) is 15.1. The van der Waals surface area contributed by atoms with Crippen LogP contribution in [-0.4, -0.2) is 33.7 Å². The lowest BCUT2D eigenvalue weighted by molar-refractivity contribution is -0.123. The van der Waals surface area contributed by atoms with Gasteiger partial charge in [-0.2, -0.15) is 4.98 Å². The van der Waals surface area contributed by atoms with Gasteiger partial charge < -0.3 is 10.1 Å². The number of hydrogen-bond donors (Lipinski definition) is 2. The summed E-state index contributed by atoms with van der Waals surface area (Å²) < 4.78 is 6.69. The van der Waals surface area contributed by atoms with E-state index in [-0.39, 0.29) is 18.2 Å². The van der Waals surface area contributed by atoms with Crippen LogP contribution < -0.4 is 15.4 Å². The first-order chi connectivity index (χ1) is 13.2. The van der Waals surface area contributed by atoms with E-state index in [1.54, 1.807) is 18.2 Å². The summed E-state index contributed by atoms with van der Waals surface area (Å²) in [6.07, 6.45) is -0.0610. The molecular weight excluding hydrogens is 346 g/mol. The maximum atomic E-state index is 12.5. The van der Waals surface area contributed by atoms with Crippen molar-refractivity contribution in [2.75, 3.05) is 17.7 Å². The van der Waals surface area contributed by atoms with Crippen LogP contribution >= 0.6 is 0 Å². The molecule has 2 N–H and O–H groups in total. The van der Waals surface area contributed by atoms with E-state index in [9.17, 15) is 9.59 Å². The molecule has 0 bridgehead atoms. The summed E-state index contributed by atoms with van der Waals surface area (Å²) in [6.45, 7) is 0. The van der Waals surface area contributed by atoms with Crippen LogP contribution in [0.2, 0.25) is 0 Å². The van der Waals surface area contributed by atoms with E-state index in [2.05, 4.69) is 20.7 Å². The lowest BCUT2D eigenvalue weighted by Gasteiger charge is -2.12. The predicted molar refractivity (Wildman–Crippen MR) is 99.4 cm³/mol. The van der Waals surface area contributed by atoms with Gasteiger partial charge in [-0.1, -0.05) is 42.5 Å². The molecule has 4 rings (SSSR count). The molecule has 1 aromatic heterocycles. The minimum Gasteiger partial charge on any atom is -0.495 e. The highest BCUT2D eigenvalue weighted by Crippen LogP contribution is 2.29. The van der Waals surface area contributed by atoms with E-state index < -0.39 is 6.04 Å². The zero-order valence-corrected chi connectivity index (χ0v) is 14.5. The summed E-state index contributed by atoms with van der Waals surface area (Å²) in [5, 5.41) is 9.85. The first kappa shape index (κ1) is 16.8. The van der Waals surface area contributed by atoms with Crippen LogP contribution in [0.5, 0.6) is 5.75 Å². The van der Waals surface area contributed by atoms with Gasteiger partial charge in [0.2, 0.25) is 11.9 Å². The molecule has 8 heteroatoms. The minimum absolute atomic E-state index is 0.0610. The van der Waals surface area contributed by atoms with Gasteiger partial charge in [0.1, 0.15) is 11.8 Å². The SMILES string of the molecule is COc1ccccc1NC(=O)CC1C(=O)Nc2nc(-c3ccccc3)nn21. The number of anilines is 2. The Balaban J connectivity index is 1.53. The Morgan fingerprint density at radius 2 is 1.93 bits per heavy atom. The molecule has 2 amide bonds. The van der Waals surface area contributed by atoms with Gasteiger partial charge in [0.05, 0.1) is 19.2 Å². The second-order valence-corrected chi connectivity index (χ2v) is 6.03. The maximum absolute atomic E-state index is 12.5. The number of benzene rings is 2. The van der Waals surface area contributed by atoms with E-state index in [1.165, 1.54) is 11.8 Å². The number of amides is 2. The molecule has 0 fully saturated rings. The van der Waals surface area contributed by atoms with Crippen molar-refractivity contribution >= 4 is 23.5 Å². The molecule has 0 saturated carbocycles. The Bertz CT molecular complexity index is 1000. The van der Waals surface area contributed by atoms with Gasteiger partial charge in [0, 0.05) is 5.56 Å². The van der Waals surface area contributed by atoms with Crippen LogP contribution in [-0.2, 0) is 9.59 Å². The number of carbonyl (C=O) groups excluding carboxylic acids is 2. The number of nitrogens with zero attached hydrogens (tertiary/aromatic N) is 3. The number of para-hydroxylation sites is 2. The van der Waals surface area contributed by atoms with Crippen LogP contribution in [0.4, 0.5) is 11.6 Å². The summed E-state index contributed by atoms with van der Waals surface area (Å²) in [7, 11) is 1.53. The van der Waals surface area contributed by atoms with E-state index in [0.717, 1.165) is 5.56 Å². The fourth-order valence-corrected chi connectivity index (χ4v) is 2.94. The summed E-state index contributed by atoms with van der Waals surface area (Å²) in [4.78, 5) is 29.0. The molecule has 1 unspecified atom stereocenters. The maximum Gasteiger partial charge on any atom is 0.252 e. The topological polar surface area (TPSA) is 98.1 Å². The van der Waals surface area contributed by atoms with E-state index in [4.69, 9.17) is 4.74 Å². The molecule has 136 valence electrons. The van der Waals surface area contributed by atoms with E-state index in [1.807, 2.05) is 36.4 Å². The lowest BCUT2D eigenvalue weighted by atomic mass is 10.2. The molecule has 3 aromatic rings. The van der Waals surface area contributed by atoms with Crippen molar-refractivity contribution in [3.8, 4) is 17.1 Å². The lowest BCUT2D eigenvalue weighted by Crippen LogP contribution is -2.24. The van der Waals surface area contributed by atoms with Gasteiger partial charge in [0.25, 0.3) is 5.91 Å². The average molecular weight is 363 g/mol. The molecule has 0 radical (unpaired) electrons. The third-order valence-electron chi connectivity index (χ3n) is 4.26. The van der Waals surface area contributed by atoms with Crippen molar-refractivity contribution in [1.29, 1.82) is 0 Å². The Morgan fingerprint density at radius 3 is 2.70 bits per heavy atom. The summed E-state index contributed by atoms with van der Waals surface area (Å²) in [5.74, 6) is 0.772. The largest absolute Gasteiger partial charge is 0.495 e. The van der Waals surface area contributed by atoms with Crippen molar-refractivity contribution < 1.29 is 14.3 Å². The standard InChI is InChI=1S/C19H17N5O3/c1-27-15-10-6-5-9-13(15)20-16(25)11-14-18(26)22-19-21-17(23-24(14)19)12-7-3-2-4-8-12/h2-10,14H,11H2,1H3,(H,20,25)(H,21,22,23,26). The van der Waals surface area contributed by atoms with Gasteiger partial charge in [-0.05, 0) is 12.1 Å². The van der Waals surface area contributed by atoms with Gasteiger partial charge in [-0.3, -0.25) is 14.9 Å². The van der Waals surface area contributed by atoms with Gasteiger partial charge in [-0.15, -0.1) is 5.10 Å². The molecule has 0 aliphatic carbocycles. The molecule has 2 heterocycles. The van der Waals surface area contributed by atoms with Crippen molar-refractivity contribution in [2.24, 2.45) is 0 Å². The zero-order chi connectivity index (χ0) is 18.8. The summed E-state index contributed by atoms with van der Waals surface area (Å²) >= 11 is 0. The monoisotopic (exact) mass is 363 g/mol. The highest BCUT2D eigenvalue weighted by Gasteiger charge is 2.35. The smallest absolute Gasteiger partial charge is 0.252 e. The van der Waals surface area contributed by atoms with E-state index in [0.29, 0.717) is 23.2 Å². The summed E-state index contributed by atoms with van der Waals surface area (Å²) in [5.41, 5.74) is 1.39. The first-order valence-corrected chi connectivity index (χ1v) is 8.41. The van der Waals surface area contributed by atoms with Gasteiger partial charge in [-0.25, -0.2) is 4.68 Å². The predicted octanol–water partition coefficient (Wildman–Crippen LogP) is 2.48. The van der Waals surface area contributed by atoms with Crippen molar-refractivity contribution in [2.45, 2.75) is 12.5 Å². The van der Waals surface area contributed by atoms with E-state index >= 15 is 0 Å². The molecule has 8 nitrogen and oxygen atoms in total. The zero-order valence-electron chi connectivity index (χ0n) is 14.5. The van der Waals surface area contributed by atoms with Crippen LogP contribution in [0.1, 0.15) is 12.5 Å². The highest BCUT2D eigenvalue weighted by atomic mass is 16.5. The molecule has 1 aliphatic heterocycles. The number of methoxy groups -OCH3 is 1. The molecular formula is C19H17N5O3. The molecule has 0 spiro atoms. The average Bonchev–Trinajstić information content (AvgIpc) is 3.22. The molecule has 0 saturated heterocycles. The molecule has 27 heavy (non-hydrogen) atoms. The Hall–Kier alpha value is -3.68. The summed E-state index contributed by atoms with van der Waals surface area (Å²) in [6, 6.07) is 15.8. The quantitative estimate of drug-likeness (QED) is 0.726. The second kappa shape index (κ2) is 6.91. The molecule has 1 aliphatic rings. The van der Waals surface area contributed by atoms with Gasteiger partial charge >= 0.3 is 0 Å². The van der Waals surface area contributed by atoms with Crippen LogP contribution in [0, 0.1) is 0 Å². The van der Waals surface area contributed by atoms with Crippen molar-refractivity contribution in [1.82, 2.24) is 14.8 Å². The number of ether oxygens (including phenoxy) is 1. The highest BCUT2D eigenvalue weighted by molar-refractivity contribution is 6.01. The van der Waals surface area contributed by atoms with Crippen molar-refractivity contribution in [3.05, 3.63) is 54.6 Å². The first-order valence-electron chi connectivity index (χ1n) is 8.41. The van der Waals surface area contributed by atoms with Crippen LogP contribution in [0.3, 0.4) is 0 Å². The fraction of sp³-hybridized carbons (Fsp3) is 0.158.